The van der Waals surface area contributed by atoms with Crippen molar-refractivity contribution in [2.75, 3.05) is 17.2 Å². The third-order valence-corrected chi connectivity index (χ3v) is 4.72. The second-order valence-corrected chi connectivity index (χ2v) is 7.28. The molecule has 23 heavy (non-hydrogen) atoms. The smallest absolute Gasteiger partial charge is 0.295 e. The predicted octanol–water partition coefficient (Wildman–Crippen LogP) is 2.38. The van der Waals surface area contributed by atoms with Crippen LogP contribution in [0, 0.1) is 5.92 Å². The number of rotatable bonds is 4. The molecule has 1 N–H and O–H groups in total. The van der Waals surface area contributed by atoms with Crippen molar-refractivity contribution in [1.82, 2.24) is 10.2 Å². The van der Waals surface area contributed by atoms with Crippen molar-refractivity contribution in [3.8, 4) is 11.3 Å². The standard InChI is InChI=1S/C14H13ClFN3O3S/c15-11-3-1-2-10(5-11)12-6-13(18-17-12)19-7-9(4-14(19)20)8-23(16,21)22/h1-3,5-6,9H,4,7-8H2,(H,17,18). The fourth-order valence-electron chi connectivity index (χ4n) is 2.65. The van der Waals surface area contributed by atoms with E-state index in [4.69, 9.17) is 11.6 Å². The molecular weight excluding hydrogens is 345 g/mol. The van der Waals surface area contributed by atoms with Gasteiger partial charge in [-0.15, -0.1) is 3.89 Å². The van der Waals surface area contributed by atoms with Gasteiger partial charge in [-0.3, -0.25) is 14.8 Å². The molecule has 1 amide bonds. The van der Waals surface area contributed by atoms with Crippen molar-refractivity contribution in [1.29, 1.82) is 0 Å². The van der Waals surface area contributed by atoms with Gasteiger partial charge in [-0.05, 0) is 12.1 Å². The highest BCUT2D eigenvalue weighted by molar-refractivity contribution is 7.86. The molecule has 0 saturated carbocycles. The highest BCUT2D eigenvalue weighted by Crippen LogP contribution is 2.28. The number of amides is 1. The Labute approximate surface area is 137 Å². The first-order valence-electron chi connectivity index (χ1n) is 6.86. The third kappa shape index (κ3) is 3.70. The topological polar surface area (TPSA) is 83.1 Å². The number of H-pyrrole nitrogens is 1. The summed E-state index contributed by atoms with van der Waals surface area (Å²) in [5.41, 5.74) is 1.49. The summed E-state index contributed by atoms with van der Waals surface area (Å²) in [4.78, 5) is 13.4. The normalized spacial score (nSPS) is 18.6. The first-order chi connectivity index (χ1) is 10.8. The maximum atomic E-state index is 12.8. The molecule has 2 heterocycles. The molecule has 1 aliphatic rings. The van der Waals surface area contributed by atoms with Crippen molar-refractivity contribution in [3.63, 3.8) is 0 Å². The van der Waals surface area contributed by atoms with Gasteiger partial charge in [-0.2, -0.15) is 13.5 Å². The van der Waals surface area contributed by atoms with Gasteiger partial charge in [-0.1, -0.05) is 23.7 Å². The van der Waals surface area contributed by atoms with Crippen LogP contribution in [0.5, 0.6) is 0 Å². The van der Waals surface area contributed by atoms with Crippen molar-refractivity contribution >= 4 is 33.5 Å². The molecule has 1 atom stereocenters. The number of halogens is 2. The van der Waals surface area contributed by atoms with Gasteiger partial charge >= 0.3 is 10.2 Å². The Hall–Kier alpha value is -1.93. The molecule has 2 aromatic rings. The van der Waals surface area contributed by atoms with Gasteiger partial charge in [-0.25, -0.2) is 0 Å². The third-order valence-electron chi connectivity index (χ3n) is 3.62. The number of carbonyl (C=O) groups excluding carboxylic acids is 1. The fraction of sp³-hybridized carbons (Fsp3) is 0.286. The summed E-state index contributed by atoms with van der Waals surface area (Å²) in [7, 11) is -4.60. The number of hydrogen-bond donors (Lipinski definition) is 1. The average molecular weight is 358 g/mol. The molecule has 1 aromatic carbocycles. The first kappa shape index (κ1) is 15.9. The lowest BCUT2D eigenvalue weighted by molar-refractivity contribution is -0.117. The number of hydrogen-bond acceptors (Lipinski definition) is 4. The summed E-state index contributed by atoms with van der Waals surface area (Å²) >= 11 is 5.94. The van der Waals surface area contributed by atoms with E-state index in [-0.39, 0.29) is 18.9 Å². The monoisotopic (exact) mass is 357 g/mol. The van der Waals surface area contributed by atoms with Crippen LogP contribution in [0.25, 0.3) is 11.3 Å². The number of aromatic nitrogens is 2. The summed E-state index contributed by atoms with van der Waals surface area (Å²) in [5, 5.41) is 7.47. The summed E-state index contributed by atoms with van der Waals surface area (Å²) in [6.07, 6.45) is -0.0114. The summed E-state index contributed by atoms with van der Waals surface area (Å²) in [5.74, 6) is -1.11. The van der Waals surface area contributed by atoms with Gasteiger partial charge < -0.3 is 0 Å². The molecule has 9 heteroatoms. The summed E-state index contributed by atoms with van der Waals surface area (Å²) in [6.45, 7) is 0.127. The number of benzene rings is 1. The first-order valence-corrected chi connectivity index (χ1v) is 8.79. The second-order valence-electron chi connectivity index (χ2n) is 5.43. The van der Waals surface area contributed by atoms with E-state index < -0.39 is 21.9 Å². The zero-order valence-corrected chi connectivity index (χ0v) is 13.4. The number of aromatic amines is 1. The minimum Gasteiger partial charge on any atom is -0.295 e. The molecule has 122 valence electrons. The lowest BCUT2D eigenvalue weighted by Crippen LogP contribution is -2.25. The number of anilines is 1. The van der Waals surface area contributed by atoms with Gasteiger partial charge in [0.15, 0.2) is 5.82 Å². The Morgan fingerprint density at radius 3 is 2.87 bits per heavy atom. The van der Waals surface area contributed by atoms with Crippen molar-refractivity contribution in [3.05, 3.63) is 35.4 Å². The highest BCUT2D eigenvalue weighted by atomic mass is 35.5. The minimum atomic E-state index is -4.60. The van der Waals surface area contributed by atoms with E-state index in [1.54, 1.807) is 24.3 Å². The Kier molecular flexibility index (Phi) is 4.11. The molecule has 1 fully saturated rings. The Morgan fingerprint density at radius 2 is 2.17 bits per heavy atom. The van der Waals surface area contributed by atoms with E-state index in [0.717, 1.165) is 5.56 Å². The van der Waals surface area contributed by atoms with Gasteiger partial charge in [0.25, 0.3) is 0 Å². The van der Waals surface area contributed by atoms with Crippen LogP contribution in [0.1, 0.15) is 6.42 Å². The lowest BCUT2D eigenvalue weighted by Gasteiger charge is -2.12. The predicted molar refractivity (Wildman–Crippen MR) is 84.4 cm³/mol. The van der Waals surface area contributed by atoms with Gasteiger partial charge in [0, 0.05) is 35.5 Å². The van der Waals surface area contributed by atoms with E-state index in [0.29, 0.717) is 16.5 Å². The van der Waals surface area contributed by atoms with E-state index in [2.05, 4.69) is 10.2 Å². The number of nitrogens with one attached hydrogen (secondary N) is 1. The fourth-order valence-corrected chi connectivity index (χ4v) is 3.63. The largest absolute Gasteiger partial charge is 0.302 e. The molecule has 0 spiro atoms. The van der Waals surface area contributed by atoms with E-state index in [1.807, 2.05) is 6.07 Å². The molecule has 3 rings (SSSR count). The Bertz CT molecular complexity index is 852. The van der Waals surface area contributed by atoms with E-state index in [1.165, 1.54) is 4.90 Å². The van der Waals surface area contributed by atoms with Crippen LogP contribution in [0.3, 0.4) is 0 Å². The van der Waals surface area contributed by atoms with Crippen molar-refractivity contribution < 1.29 is 17.1 Å². The SMILES string of the molecule is O=C1CC(CS(=O)(=O)F)CN1c1cc(-c2cccc(Cl)c2)[nH]n1. The number of nitrogens with zero attached hydrogens (tertiary/aromatic N) is 2. The highest BCUT2D eigenvalue weighted by Gasteiger charge is 2.34. The lowest BCUT2D eigenvalue weighted by atomic mass is 10.1. The van der Waals surface area contributed by atoms with Crippen LogP contribution >= 0.6 is 11.6 Å². The maximum Gasteiger partial charge on any atom is 0.302 e. The van der Waals surface area contributed by atoms with Gasteiger partial charge in [0.1, 0.15) is 0 Å². The zero-order valence-electron chi connectivity index (χ0n) is 11.9. The molecule has 0 aliphatic carbocycles. The molecule has 1 aromatic heterocycles. The summed E-state index contributed by atoms with van der Waals surface area (Å²) < 4.78 is 34.2. The van der Waals surface area contributed by atoms with Crippen LogP contribution in [0.4, 0.5) is 9.70 Å². The quantitative estimate of drug-likeness (QED) is 0.851. The van der Waals surface area contributed by atoms with Gasteiger partial charge in [0.2, 0.25) is 5.91 Å². The minimum absolute atomic E-state index is 0.0114. The number of carbonyl (C=O) groups is 1. The molecule has 1 aliphatic heterocycles. The second kappa shape index (κ2) is 5.93. The molecular formula is C14H13ClFN3O3S. The van der Waals surface area contributed by atoms with Crippen LogP contribution < -0.4 is 4.90 Å². The maximum absolute atomic E-state index is 12.8. The van der Waals surface area contributed by atoms with E-state index >= 15 is 0 Å². The zero-order chi connectivity index (χ0) is 16.6. The summed E-state index contributed by atoms with van der Waals surface area (Å²) in [6, 6.07) is 8.81. The van der Waals surface area contributed by atoms with Crippen LogP contribution in [0.2, 0.25) is 5.02 Å². The van der Waals surface area contributed by atoms with Crippen LogP contribution in [-0.4, -0.2) is 36.8 Å². The van der Waals surface area contributed by atoms with Crippen LogP contribution in [-0.2, 0) is 15.0 Å². The van der Waals surface area contributed by atoms with Crippen molar-refractivity contribution in [2.24, 2.45) is 5.92 Å². The van der Waals surface area contributed by atoms with E-state index in [9.17, 15) is 17.1 Å². The van der Waals surface area contributed by atoms with Crippen molar-refractivity contribution in [2.45, 2.75) is 6.42 Å². The Balaban J connectivity index is 1.79. The molecule has 6 nitrogen and oxygen atoms in total. The molecule has 1 unspecified atom stereocenters. The molecule has 0 radical (unpaired) electrons. The molecule has 1 saturated heterocycles. The Morgan fingerprint density at radius 1 is 1.39 bits per heavy atom. The molecule has 0 bridgehead atoms. The van der Waals surface area contributed by atoms with Crippen LogP contribution in [0.15, 0.2) is 30.3 Å². The van der Waals surface area contributed by atoms with Gasteiger partial charge in [0.05, 0.1) is 11.4 Å². The average Bonchev–Trinajstić information content (AvgIpc) is 3.03.